The molecule has 1 aromatic rings. The molecule has 108 valence electrons. The predicted octanol–water partition coefficient (Wildman–Crippen LogP) is 0.837. The van der Waals surface area contributed by atoms with E-state index in [0.717, 1.165) is 0 Å². The maximum Gasteiger partial charge on any atom is 0.242 e. The van der Waals surface area contributed by atoms with Gasteiger partial charge in [-0.15, -0.1) is 0 Å². The van der Waals surface area contributed by atoms with Gasteiger partial charge in [-0.3, -0.25) is 0 Å². The molecular weight excluding hydrogens is 270 g/mol. The first-order chi connectivity index (χ1) is 8.92. The van der Waals surface area contributed by atoms with E-state index in [1.54, 1.807) is 6.92 Å². The lowest BCUT2D eigenvalue weighted by Gasteiger charge is -2.18. The third-order valence-electron chi connectivity index (χ3n) is 2.85. The fourth-order valence-corrected chi connectivity index (χ4v) is 2.88. The predicted molar refractivity (Wildman–Crippen MR) is 71.0 cm³/mol. The van der Waals surface area contributed by atoms with Crippen molar-refractivity contribution in [1.29, 1.82) is 0 Å². The maximum absolute atomic E-state index is 12.2. The summed E-state index contributed by atoms with van der Waals surface area (Å²) < 4.78 is 35.9. The van der Waals surface area contributed by atoms with E-state index in [1.807, 2.05) is 0 Å². The maximum atomic E-state index is 12.2. The Morgan fingerprint density at radius 1 is 1.26 bits per heavy atom. The van der Waals surface area contributed by atoms with Crippen molar-refractivity contribution in [2.45, 2.75) is 18.4 Å². The largest absolute Gasteiger partial charge is 0.493 e. The second-order valence-corrected chi connectivity index (χ2v) is 5.94. The second-order valence-electron chi connectivity index (χ2n) is 3.90. The number of nitrogens with zero attached hydrogens (tertiary/aromatic N) is 1. The molecule has 1 aromatic carbocycles. The minimum absolute atomic E-state index is 0.0681. The molecule has 0 aromatic heterocycles. The van der Waals surface area contributed by atoms with Gasteiger partial charge >= 0.3 is 0 Å². The monoisotopic (exact) mass is 289 g/mol. The fourth-order valence-electron chi connectivity index (χ4n) is 1.63. The van der Waals surface area contributed by atoms with Crippen LogP contribution in [0.1, 0.15) is 12.5 Å². The molecule has 0 saturated carbocycles. The zero-order valence-electron chi connectivity index (χ0n) is 11.5. The molecule has 0 aliphatic heterocycles. The third kappa shape index (κ3) is 2.99. The van der Waals surface area contributed by atoms with Crippen molar-refractivity contribution in [1.82, 2.24) is 4.31 Å². The highest BCUT2D eigenvalue weighted by atomic mass is 32.2. The fraction of sp³-hybridized carbons (Fsp3) is 0.500. The lowest BCUT2D eigenvalue weighted by atomic mass is 10.2. The summed E-state index contributed by atoms with van der Waals surface area (Å²) in [6, 6.07) is 2.78. The highest BCUT2D eigenvalue weighted by molar-refractivity contribution is 7.89. The van der Waals surface area contributed by atoms with Gasteiger partial charge in [0.2, 0.25) is 10.0 Å². The summed E-state index contributed by atoms with van der Waals surface area (Å²) in [5.41, 5.74) is 0.366. The Bertz CT molecular complexity index is 516. The van der Waals surface area contributed by atoms with Gasteiger partial charge in [0, 0.05) is 25.2 Å². The molecule has 0 fully saturated rings. The van der Waals surface area contributed by atoms with E-state index < -0.39 is 10.0 Å². The first-order valence-corrected chi connectivity index (χ1v) is 7.18. The molecule has 0 unspecified atom stereocenters. The first-order valence-electron chi connectivity index (χ1n) is 5.74. The number of ether oxygens (including phenoxy) is 2. The molecule has 0 aliphatic rings. The van der Waals surface area contributed by atoms with Gasteiger partial charge in [0.05, 0.1) is 25.7 Å². The number of rotatable bonds is 6. The summed E-state index contributed by atoms with van der Waals surface area (Å²) in [5.74, 6) is 0.611. The van der Waals surface area contributed by atoms with Gasteiger partial charge in [-0.2, -0.15) is 0 Å². The van der Waals surface area contributed by atoms with Gasteiger partial charge in [0.15, 0.2) is 11.5 Å². The summed E-state index contributed by atoms with van der Waals surface area (Å²) in [6.07, 6.45) is 0. The van der Waals surface area contributed by atoms with E-state index in [1.165, 1.54) is 37.7 Å². The Hall–Kier alpha value is -1.31. The Balaban J connectivity index is 3.47. The molecule has 0 bridgehead atoms. The van der Waals surface area contributed by atoms with Crippen molar-refractivity contribution in [3.05, 3.63) is 17.7 Å². The number of hydrogen-bond acceptors (Lipinski definition) is 5. The number of sulfonamides is 1. The van der Waals surface area contributed by atoms with Crippen LogP contribution in [0.15, 0.2) is 17.0 Å². The molecular formula is C12H19NO5S. The Morgan fingerprint density at radius 2 is 1.89 bits per heavy atom. The van der Waals surface area contributed by atoms with Crippen LogP contribution < -0.4 is 9.47 Å². The second kappa shape index (κ2) is 6.23. The van der Waals surface area contributed by atoms with Crippen LogP contribution in [0.25, 0.3) is 0 Å². The zero-order chi connectivity index (χ0) is 14.6. The molecule has 19 heavy (non-hydrogen) atoms. The number of methoxy groups -OCH3 is 2. The van der Waals surface area contributed by atoms with Crippen molar-refractivity contribution in [3.63, 3.8) is 0 Å². The van der Waals surface area contributed by atoms with Crippen LogP contribution in [0.5, 0.6) is 11.5 Å². The highest BCUT2D eigenvalue weighted by Crippen LogP contribution is 2.34. The average Bonchev–Trinajstić information content (AvgIpc) is 2.44. The van der Waals surface area contributed by atoms with Crippen LogP contribution in [-0.2, 0) is 16.6 Å². The molecule has 0 radical (unpaired) electrons. The van der Waals surface area contributed by atoms with Crippen LogP contribution in [-0.4, -0.2) is 45.6 Å². The minimum Gasteiger partial charge on any atom is -0.493 e. The summed E-state index contributed by atoms with van der Waals surface area (Å²) in [5, 5.41) is 9.31. The summed E-state index contributed by atoms with van der Waals surface area (Å²) in [4.78, 5) is 0.0681. The lowest BCUT2D eigenvalue weighted by molar-refractivity contribution is 0.269. The molecule has 0 spiro atoms. The summed E-state index contributed by atoms with van der Waals surface area (Å²) in [7, 11) is 0.748. The van der Waals surface area contributed by atoms with Gasteiger partial charge in [0.1, 0.15) is 0 Å². The third-order valence-corrected chi connectivity index (χ3v) is 4.76. The Labute approximate surface area is 113 Å². The number of aliphatic hydroxyl groups excluding tert-OH is 1. The van der Waals surface area contributed by atoms with Crippen molar-refractivity contribution >= 4 is 10.0 Å². The molecule has 0 aliphatic carbocycles. The first kappa shape index (κ1) is 15.7. The Kier molecular flexibility index (Phi) is 5.16. The van der Waals surface area contributed by atoms with E-state index in [-0.39, 0.29) is 17.3 Å². The van der Waals surface area contributed by atoms with E-state index >= 15 is 0 Å². The van der Waals surface area contributed by atoms with Gasteiger partial charge in [-0.1, -0.05) is 6.92 Å². The van der Waals surface area contributed by atoms with Crippen LogP contribution in [0.2, 0.25) is 0 Å². The molecule has 7 heteroatoms. The van der Waals surface area contributed by atoms with Crippen LogP contribution in [0.3, 0.4) is 0 Å². The van der Waals surface area contributed by atoms with Crippen molar-refractivity contribution in [2.24, 2.45) is 0 Å². The van der Waals surface area contributed by atoms with Crippen LogP contribution in [0, 0.1) is 0 Å². The van der Waals surface area contributed by atoms with E-state index in [4.69, 9.17) is 9.47 Å². The number of benzene rings is 1. The molecule has 6 nitrogen and oxygen atoms in total. The molecule has 1 N–H and O–H groups in total. The minimum atomic E-state index is -3.59. The van der Waals surface area contributed by atoms with Crippen LogP contribution >= 0.6 is 0 Å². The van der Waals surface area contributed by atoms with Crippen molar-refractivity contribution < 1.29 is 23.0 Å². The van der Waals surface area contributed by atoms with Gasteiger partial charge in [0.25, 0.3) is 0 Å². The van der Waals surface area contributed by atoms with E-state index in [2.05, 4.69) is 0 Å². The van der Waals surface area contributed by atoms with E-state index in [0.29, 0.717) is 17.9 Å². The quantitative estimate of drug-likeness (QED) is 0.839. The number of hydrogen-bond donors (Lipinski definition) is 1. The summed E-state index contributed by atoms with van der Waals surface area (Å²) >= 11 is 0. The molecule has 0 saturated heterocycles. The SMILES string of the molecule is CCN(C)S(=O)(=O)c1cc(CO)c(OC)c(OC)c1. The average molecular weight is 289 g/mol. The molecule has 0 atom stereocenters. The van der Waals surface area contributed by atoms with Crippen molar-refractivity contribution in [2.75, 3.05) is 27.8 Å². The Morgan fingerprint density at radius 3 is 2.32 bits per heavy atom. The van der Waals surface area contributed by atoms with Crippen LogP contribution in [0.4, 0.5) is 0 Å². The van der Waals surface area contributed by atoms with Gasteiger partial charge in [-0.25, -0.2) is 12.7 Å². The standard InChI is InChI=1S/C12H19NO5S/c1-5-13(2)19(15,16)10-6-9(8-14)12(18-4)11(7-10)17-3/h6-7,14H,5,8H2,1-4H3. The van der Waals surface area contributed by atoms with Crippen molar-refractivity contribution in [3.8, 4) is 11.5 Å². The number of aliphatic hydroxyl groups is 1. The molecule has 0 heterocycles. The highest BCUT2D eigenvalue weighted by Gasteiger charge is 2.23. The van der Waals surface area contributed by atoms with Gasteiger partial charge in [-0.05, 0) is 6.07 Å². The zero-order valence-corrected chi connectivity index (χ0v) is 12.3. The molecule has 0 amide bonds. The van der Waals surface area contributed by atoms with E-state index in [9.17, 15) is 13.5 Å². The smallest absolute Gasteiger partial charge is 0.242 e. The molecule has 1 rings (SSSR count). The lowest BCUT2D eigenvalue weighted by Crippen LogP contribution is -2.26. The van der Waals surface area contributed by atoms with Gasteiger partial charge < -0.3 is 14.6 Å². The normalized spacial score (nSPS) is 11.7. The summed E-state index contributed by atoms with van der Waals surface area (Å²) in [6.45, 7) is 1.76. The topological polar surface area (TPSA) is 76.1 Å².